The predicted octanol–water partition coefficient (Wildman–Crippen LogP) is 1.97. The summed E-state index contributed by atoms with van der Waals surface area (Å²) in [7, 11) is 0. The summed E-state index contributed by atoms with van der Waals surface area (Å²) < 4.78 is 11.1. The molecule has 0 bridgehead atoms. The Bertz CT molecular complexity index is 482. The van der Waals surface area contributed by atoms with Crippen LogP contribution in [0.5, 0.6) is 5.75 Å². The Kier molecular flexibility index (Phi) is 4.49. The number of nitrogens with two attached hydrogens (primary N) is 1. The van der Waals surface area contributed by atoms with Crippen LogP contribution in [0.2, 0.25) is 0 Å². The molecule has 110 valence electrons. The lowest BCUT2D eigenvalue weighted by molar-refractivity contribution is 0.0205. The lowest BCUT2D eigenvalue weighted by atomic mass is 10.0. The highest BCUT2D eigenvalue weighted by Crippen LogP contribution is 2.26. The molecule has 1 amide bonds. The van der Waals surface area contributed by atoms with Crippen molar-refractivity contribution >= 4 is 11.6 Å². The molecule has 1 saturated heterocycles. The van der Waals surface area contributed by atoms with Gasteiger partial charge in [0, 0.05) is 18.8 Å². The van der Waals surface area contributed by atoms with Gasteiger partial charge in [0.15, 0.2) is 0 Å². The number of carbonyl (C=O) groups excluding carboxylic acids is 1. The molecule has 5 nitrogen and oxygen atoms in total. The molecule has 1 fully saturated rings. The number of hydrogen-bond donors (Lipinski definition) is 2. The van der Waals surface area contributed by atoms with Gasteiger partial charge in [0.25, 0.3) is 5.91 Å². The number of hydrogen-bond acceptors (Lipinski definition) is 4. The van der Waals surface area contributed by atoms with Crippen LogP contribution in [0, 0.1) is 0 Å². The summed E-state index contributed by atoms with van der Waals surface area (Å²) >= 11 is 0. The van der Waals surface area contributed by atoms with Gasteiger partial charge in [-0.25, -0.2) is 0 Å². The molecule has 1 aromatic carbocycles. The van der Waals surface area contributed by atoms with Crippen LogP contribution in [0.4, 0.5) is 5.69 Å². The van der Waals surface area contributed by atoms with Gasteiger partial charge in [0.2, 0.25) is 0 Å². The van der Waals surface area contributed by atoms with Crippen LogP contribution >= 0.6 is 0 Å². The van der Waals surface area contributed by atoms with Crippen molar-refractivity contribution in [1.82, 2.24) is 5.32 Å². The smallest absolute Gasteiger partial charge is 0.257 e. The van der Waals surface area contributed by atoms with E-state index in [1.807, 2.05) is 13.8 Å². The van der Waals surface area contributed by atoms with Gasteiger partial charge in [0.05, 0.1) is 12.2 Å². The molecule has 1 aromatic rings. The monoisotopic (exact) mass is 278 g/mol. The van der Waals surface area contributed by atoms with E-state index in [1.165, 1.54) is 0 Å². The molecule has 3 N–H and O–H groups in total. The summed E-state index contributed by atoms with van der Waals surface area (Å²) in [5, 5.41) is 2.90. The quantitative estimate of drug-likeness (QED) is 0.808. The minimum absolute atomic E-state index is 0.219. The van der Waals surface area contributed by atoms with E-state index in [0.29, 0.717) is 30.2 Å². The van der Waals surface area contributed by atoms with Gasteiger partial charge in [-0.2, -0.15) is 0 Å². The van der Waals surface area contributed by atoms with Crippen LogP contribution in [0.25, 0.3) is 0 Å². The third kappa shape index (κ3) is 3.22. The largest absolute Gasteiger partial charge is 0.493 e. The van der Waals surface area contributed by atoms with Crippen LogP contribution in [0.3, 0.4) is 0 Å². The average molecular weight is 278 g/mol. The summed E-state index contributed by atoms with van der Waals surface area (Å²) in [6.07, 6.45) is 1.99. The maximum Gasteiger partial charge on any atom is 0.257 e. The summed E-state index contributed by atoms with van der Waals surface area (Å²) in [5.41, 5.74) is 6.45. The van der Waals surface area contributed by atoms with Gasteiger partial charge in [-0.05, 0) is 38.8 Å². The van der Waals surface area contributed by atoms with Crippen molar-refractivity contribution in [2.45, 2.75) is 32.3 Å². The van der Waals surface area contributed by atoms with Crippen LogP contribution in [0.15, 0.2) is 18.2 Å². The third-order valence-corrected chi connectivity index (χ3v) is 3.51. The van der Waals surface area contributed by atoms with Crippen molar-refractivity contribution in [3.05, 3.63) is 23.8 Å². The van der Waals surface area contributed by atoms with Crippen molar-refractivity contribution in [2.75, 3.05) is 25.5 Å². The van der Waals surface area contributed by atoms with E-state index >= 15 is 0 Å². The number of nitrogens with one attached hydrogen (secondary N) is 1. The highest BCUT2D eigenvalue weighted by atomic mass is 16.5. The minimum Gasteiger partial charge on any atom is -0.493 e. The van der Waals surface area contributed by atoms with Gasteiger partial charge in [-0.3, -0.25) is 4.79 Å². The number of rotatable bonds is 5. The van der Waals surface area contributed by atoms with Gasteiger partial charge >= 0.3 is 0 Å². The standard InChI is InChI=1S/C15H22N2O3/c1-3-19-12-7-4-6-11(16)13(12)14(18)17-10-15(2)8-5-9-20-15/h4,6-7H,3,5,8-10,16H2,1-2H3,(H,17,18). The summed E-state index contributed by atoms with van der Waals surface area (Å²) in [4.78, 5) is 12.3. The van der Waals surface area contributed by atoms with Crippen molar-refractivity contribution in [1.29, 1.82) is 0 Å². The van der Waals surface area contributed by atoms with Gasteiger partial charge < -0.3 is 20.5 Å². The number of ether oxygens (including phenoxy) is 2. The summed E-state index contributed by atoms with van der Waals surface area (Å²) in [6, 6.07) is 5.23. The van der Waals surface area contributed by atoms with E-state index < -0.39 is 0 Å². The van der Waals surface area contributed by atoms with Crippen LogP contribution < -0.4 is 15.8 Å². The number of benzene rings is 1. The van der Waals surface area contributed by atoms with Gasteiger partial charge in [-0.15, -0.1) is 0 Å². The molecule has 0 aliphatic carbocycles. The highest BCUT2D eigenvalue weighted by Gasteiger charge is 2.30. The fourth-order valence-electron chi connectivity index (χ4n) is 2.40. The number of carbonyl (C=O) groups is 1. The zero-order valence-electron chi connectivity index (χ0n) is 12.1. The zero-order chi connectivity index (χ0) is 14.6. The van der Waals surface area contributed by atoms with Crippen LogP contribution in [-0.2, 0) is 4.74 Å². The first kappa shape index (κ1) is 14.7. The fourth-order valence-corrected chi connectivity index (χ4v) is 2.40. The Labute approximate surface area is 119 Å². The SMILES string of the molecule is CCOc1cccc(N)c1C(=O)NCC1(C)CCCO1. The summed E-state index contributed by atoms with van der Waals surface area (Å²) in [6.45, 7) is 5.61. The molecular weight excluding hydrogens is 256 g/mol. The maximum atomic E-state index is 12.3. The molecule has 0 saturated carbocycles. The van der Waals surface area contributed by atoms with Crippen molar-refractivity contribution in [3.63, 3.8) is 0 Å². The molecule has 0 radical (unpaired) electrons. The molecule has 2 rings (SSSR count). The zero-order valence-corrected chi connectivity index (χ0v) is 12.1. The molecule has 0 aromatic heterocycles. The first-order valence-electron chi connectivity index (χ1n) is 6.99. The molecule has 5 heteroatoms. The topological polar surface area (TPSA) is 73.6 Å². The second-order valence-corrected chi connectivity index (χ2v) is 5.24. The van der Waals surface area contributed by atoms with Crippen LogP contribution in [-0.4, -0.2) is 31.3 Å². The molecule has 1 atom stereocenters. The second-order valence-electron chi connectivity index (χ2n) is 5.24. The predicted molar refractivity (Wildman–Crippen MR) is 77.9 cm³/mol. The minimum atomic E-state index is -0.273. The molecule has 1 aliphatic heterocycles. The highest BCUT2D eigenvalue weighted by molar-refractivity contribution is 6.01. The third-order valence-electron chi connectivity index (χ3n) is 3.51. The first-order chi connectivity index (χ1) is 9.56. The van der Waals surface area contributed by atoms with Gasteiger partial charge in [0.1, 0.15) is 11.3 Å². The maximum absolute atomic E-state index is 12.3. The molecule has 20 heavy (non-hydrogen) atoms. The molecular formula is C15H22N2O3. The van der Waals surface area contributed by atoms with Crippen LogP contribution in [0.1, 0.15) is 37.0 Å². The fraction of sp³-hybridized carbons (Fsp3) is 0.533. The Hall–Kier alpha value is -1.75. The number of amides is 1. The Morgan fingerprint density at radius 1 is 1.55 bits per heavy atom. The van der Waals surface area contributed by atoms with Crippen molar-refractivity contribution in [2.24, 2.45) is 0 Å². The van der Waals surface area contributed by atoms with E-state index in [9.17, 15) is 4.79 Å². The van der Waals surface area contributed by atoms with E-state index in [2.05, 4.69) is 5.32 Å². The lowest BCUT2D eigenvalue weighted by Crippen LogP contribution is -2.40. The van der Waals surface area contributed by atoms with E-state index in [4.69, 9.17) is 15.2 Å². The van der Waals surface area contributed by atoms with Crippen molar-refractivity contribution < 1.29 is 14.3 Å². The van der Waals surface area contributed by atoms with Crippen molar-refractivity contribution in [3.8, 4) is 5.75 Å². The Morgan fingerprint density at radius 3 is 3.00 bits per heavy atom. The normalized spacial score (nSPS) is 21.7. The van der Waals surface area contributed by atoms with E-state index in [0.717, 1.165) is 19.4 Å². The molecule has 1 unspecified atom stereocenters. The Morgan fingerprint density at radius 2 is 2.35 bits per heavy atom. The summed E-state index contributed by atoms with van der Waals surface area (Å²) in [5.74, 6) is 0.297. The number of nitrogen functional groups attached to an aromatic ring is 1. The van der Waals surface area contributed by atoms with E-state index in [1.54, 1.807) is 18.2 Å². The lowest BCUT2D eigenvalue weighted by Gasteiger charge is -2.23. The molecule has 1 aliphatic rings. The van der Waals surface area contributed by atoms with E-state index in [-0.39, 0.29) is 11.5 Å². The molecule has 0 spiro atoms. The van der Waals surface area contributed by atoms with Gasteiger partial charge in [-0.1, -0.05) is 6.07 Å². The second kappa shape index (κ2) is 6.13. The Balaban J connectivity index is 2.08. The number of anilines is 1. The molecule has 1 heterocycles. The average Bonchev–Trinajstić information content (AvgIpc) is 2.84. The first-order valence-corrected chi connectivity index (χ1v) is 6.99.